The Bertz CT molecular complexity index is 735. The van der Waals surface area contributed by atoms with Gasteiger partial charge in [-0.25, -0.2) is 0 Å². The summed E-state index contributed by atoms with van der Waals surface area (Å²) in [5.41, 5.74) is 3.45. The first-order valence-electron chi connectivity index (χ1n) is 8.94. The average Bonchev–Trinajstić information content (AvgIpc) is 3.06. The Morgan fingerprint density at radius 1 is 1.13 bits per heavy atom. The molecule has 4 unspecified atom stereocenters. The van der Waals surface area contributed by atoms with Crippen LogP contribution < -0.4 is 4.74 Å². The average molecular weight is 310 g/mol. The molecule has 0 N–H and O–H groups in total. The van der Waals surface area contributed by atoms with Crippen LogP contribution in [0.4, 0.5) is 0 Å². The number of rotatable bonds is 0. The molecule has 120 valence electrons. The highest BCUT2D eigenvalue weighted by Gasteiger charge is 2.54. The van der Waals surface area contributed by atoms with Crippen molar-refractivity contribution in [2.75, 3.05) is 6.61 Å². The highest BCUT2D eigenvalue weighted by Crippen LogP contribution is 2.59. The quantitative estimate of drug-likeness (QED) is 0.734. The summed E-state index contributed by atoms with van der Waals surface area (Å²) >= 11 is 0. The molecule has 1 heterocycles. The van der Waals surface area contributed by atoms with Crippen LogP contribution in [0, 0.1) is 17.3 Å². The van der Waals surface area contributed by atoms with Gasteiger partial charge in [0, 0.05) is 11.8 Å². The lowest BCUT2D eigenvalue weighted by molar-refractivity contribution is -0.129. The fourth-order valence-corrected chi connectivity index (χ4v) is 5.93. The van der Waals surface area contributed by atoms with E-state index in [4.69, 9.17) is 4.74 Å². The fourth-order valence-electron chi connectivity index (χ4n) is 5.93. The van der Waals surface area contributed by atoms with Crippen LogP contribution in [0.3, 0.4) is 0 Å². The van der Waals surface area contributed by atoms with Crippen molar-refractivity contribution in [3.63, 3.8) is 0 Å². The summed E-state index contributed by atoms with van der Waals surface area (Å²) in [6.45, 7) is 2.40. The van der Waals surface area contributed by atoms with E-state index in [0.717, 1.165) is 43.4 Å². The van der Waals surface area contributed by atoms with Gasteiger partial charge in [0.25, 0.3) is 0 Å². The Balaban J connectivity index is 1.57. The van der Waals surface area contributed by atoms with Gasteiger partial charge in [-0.3, -0.25) is 9.59 Å². The lowest BCUT2D eigenvalue weighted by atomic mass is 9.55. The van der Waals surface area contributed by atoms with Gasteiger partial charge in [-0.15, -0.1) is 0 Å². The molecule has 2 saturated carbocycles. The summed E-state index contributed by atoms with van der Waals surface area (Å²) in [6.07, 6.45) is 6.18. The first kappa shape index (κ1) is 13.8. The molecule has 0 saturated heterocycles. The number of hydrogen-bond acceptors (Lipinski definition) is 3. The minimum Gasteiger partial charge on any atom is -0.485 e. The Morgan fingerprint density at radius 2 is 2.00 bits per heavy atom. The number of benzene rings is 1. The molecule has 4 aliphatic rings. The molecule has 3 heteroatoms. The summed E-state index contributed by atoms with van der Waals surface area (Å²) in [4.78, 5) is 24.4. The predicted molar refractivity (Wildman–Crippen MR) is 85.9 cm³/mol. The standard InChI is InChI=1S/C20H22O3/c1-20-7-6-12-13(16(20)4-5-19(20)22)3-2-11-8-18-15(9-14(11)12)17(21)10-23-18/h8-9,12-13,16H,2-7,10H2,1H3. The van der Waals surface area contributed by atoms with Crippen molar-refractivity contribution < 1.29 is 14.3 Å². The van der Waals surface area contributed by atoms with Gasteiger partial charge in [-0.2, -0.15) is 0 Å². The summed E-state index contributed by atoms with van der Waals surface area (Å²) in [6, 6.07) is 4.23. The molecule has 0 bridgehead atoms. The molecule has 23 heavy (non-hydrogen) atoms. The molecule has 0 radical (unpaired) electrons. The fraction of sp³-hybridized carbons (Fsp3) is 0.600. The normalized spacial score (nSPS) is 37.7. The number of ether oxygens (including phenoxy) is 1. The highest BCUT2D eigenvalue weighted by molar-refractivity contribution is 6.02. The van der Waals surface area contributed by atoms with Crippen LogP contribution in [0.1, 0.15) is 66.4 Å². The van der Waals surface area contributed by atoms with Crippen LogP contribution >= 0.6 is 0 Å². The topological polar surface area (TPSA) is 43.4 Å². The van der Waals surface area contributed by atoms with Crippen LogP contribution in [0.2, 0.25) is 0 Å². The summed E-state index contributed by atoms with van der Waals surface area (Å²) in [7, 11) is 0. The molecule has 3 nitrogen and oxygen atoms in total. The van der Waals surface area contributed by atoms with E-state index >= 15 is 0 Å². The third kappa shape index (κ3) is 1.71. The molecule has 0 spiro atoms. The maximum absolute atomic E-state index is 12.4. The lowest BCUT2D eigenvalue weighted by Gasteiger charge is -2.48. The zero-order valence-electron chi connectivity index (χ0n) is 13.6. The first-order chi connectivity index (χ1) is 11.1. The van der Waals surface area contributed by atoms with E-state index in [2.05, 4.69) is 19.1 Å². The van der Waals surface area contributed by atoms with Gasteiger partial charge in [0.2, 0.25) is 5.78 Å². The molecule has 5 rings (SSSR count). The predicted octanol–water partition coefficient (Wildman–Crippen LogP) is 3.69. The number of ketones is 2. The largest absolute Gasteiger partial charge is 0.485 e. The minimum absolute atomic E-state index is 0.0751. The Hall–Kier alpha value is -1.64. The zero-order chi connectivity index (χ0) is 15.8. The summed E-state index contributed by atoms with van der Waals surface area (Å²) in [5.74, 6) is 3.07. The lowest BCUT2D eigenvalue weighted by Crippen LogP contribution is -2.42. The Kier molecular flexibility index (Phi) is 2.67. The zero-order valence-corrected chi connectivity index (χ0v) is 13.6. The molecule has 0 amide bonds. The monoisotopic (exact) mass is 310 g/mol. The summed E-state index contributed by atoms with van der Waals surface area (Å²) in [5, 5.41) is 0. The summed E-state index contributed by atoms with van der Waals surface area (Å²) < 4.78 is 5.52. The molecule has 1 aliphatic heterocycles. The second-order valence-electron chi connectivity index (χ2n) is 8.09. The third-order valence-corrected chi connectivity index (χ3v) is 7.19. The highest BCUT2D eigenvalue weighted by atomic mass is 16.5. The Morgan fingerprint density at radius 3 is 2.87 bits per heavy atom. The molecule has 1 aromatic carbocycles. The first-order valence-corrected chi connectivity index (χ1v) is 8.94. The van der Waals surface area contributed by atoms with Crippen molar-refractivity contribution in [1.29, 1.82) is 0 Å². The van der Waals surface area contributed by atoms with E-state index in [0.29, 0.717) is 23.5 Å². The number of aryl methyl sites for hydroxylation is 1. The van der Waals surface area contributed by atoms with E-state index < -0.39 is 0 Å². The molecule has 3 aliphatic carbocycles. The molecular weight excluding hydrogens is 288 g/mol. The van der Waals surface area contributed by atoms with Crippen LogP contribution in [0.25, 0.3) is 0 Å². The van der Waals surface area contributed by atoms with Crippen molar-refractivity contribution in [2.24, 2.45) is 17.3 Å². The third-order valence-electron chi connectivity index (χ3n) is 7.19. The van der Waals surface area contributed by atoms with E-state index in [1.54, 1.807) is 0 Å². The van der Waals surface area contributed by atoms with Gasteiger partial charge in [0.1, 0.15) is 11.5 Å². The number of fused-ring (bicyclic) bond motifs is 6. The van der Waals surface area contributed by atoms with Gasteiger partial charge in [0.15, 0.2) is 6.61 Å². The second-order valence-corrected chi connectivity index (χ2v) is 8.09. The van der Waals surface area contributed by atoms with E-state index in [1.165, 1.54) is 17.5 Å². The Labute approximate surface area is 136 Å². The van der Waals surface area contributed by atoms with Crippen molar-refractivity contribution in [3.05, 3.63) is 28.8 Å². The number of hydrogen-bond donors (Lipinski definition) is 0. The minimum atomic E-state index is -0.0751. The molecular formula is C20H22O3. The molecule has 4 atom stereocenters. The maximum Gasteiger partial charge on any atom is 0.203 e. The van der Waals surface area contributed by atoms with Crippen molar-refractivity contribution in [2.45, 2.75) is 51.4 Å². The van der Waals surface area contributed by atoms with E-state index in [9.17, 15) is 9.59 Å². The molecule has 1 aromatic rings. The van der Waals surface area contributed by atoms with Gasteiger partial charge >= 0.3 is 0 Å². The number of carbonyl (C=O) groups is 2. The SMILES string of the molecule is CC12CCC3c4cc5c(cc4CCC3C1CCC2=O)OCC5=O. The van der Waals surface area contributed by atoms with Crippen LogP contribution in [0.15, 0.2) is 12.1 Å². The second kappa shape index (κ2) is 4.46. The van der Waals surface area contributed by atoms with Crippen LogP contribution in [0.5, 0.6) is 5.75 Å². The van der Waals surface area contributed by atoms with Crippen LogP contribution in [-0.4, -0.2) is 18.2 Å². The van der Waals surface area contributed by atoms with E-state index in [-0.39, 0.29) is 17.8 Å². The van der Waals surface area contributed by atoms with Gasteiger partial charge < -0.3 is 4.74 Å². The van der Waals surface area contributed by atoms with Crippen molar-refractivity contribution in [1.82, 2.24) is 0 Å². The van der Waals surface area contributed by atoms with Crippen molar-refractivity contribution >= 4 is 11.6 Å². The van der Waals surface area contributed by atoms with Gasteiger partial charge in [0.05, 0.1) is 5.56 Å². The van der Waals surface area contributed by atoms with E-state index in [1.807, 2.05) is 0 Å². The molecule has 0 aromatic heterocycles. The van der Waals surface area contributed by atoms with Crippen molar-refractivity contribution in [3.8, 4) is 5.75 Å². The number of Topliss-reactive ketones (excluding diaryl/α,β-unsaturated/α-hetero) is 2. The van der Waals surface area contributed by atoms with Gasteiger partial charge in [-0.1, -0.05) is 6.92 Å². The maximum atomic E-state index is 12.4. The van der Waals surface area contributed by atoms with Gasteiger partial charge in [-0.05, 0) is 73.1 Å². The number of carbonyl (C=O) groups excluding carboxylic acids is 2. The smallest absolute Gasteiger partial charge is 0.203 e. The van der Waals surface area contributed by atoms with Crippen LogP contribution in [-0.2, 0) is 11.2 Å². The molecule has 2 fully saturated rings.